The molecule has 1 unspecified atom stereocenters. The summed E-state index contributed by atoms with van der Waals surface area (Å²) in [5.41, 5.74) is 3.27. The fraction of sp³-hybridized carbons (Fsp3) is 0.375. The van der Waals surface area contributed by atoms with Crippen LogP contribution in [0.2, 0.25) is 0 Å². The maximum atomic E-state index is 10.7. The Morgan fingerprint density at radius 2 is 2.43 bits per heavy atom. The lowest BCUT2D eigenvalue weighted by Gasteiger charge is -2.26. The van der Waals surface area contributed by atoms with E-state index in [9.17, 15) is 9.70 Å². The van der Waals surface area contributed by atoms with E-state index in [0.717, 1.165) is 0 Å². The highest BCUT2D eigenvalue weighted by Crippen LogP contribution is 2.31. The van der Waals surface area contributed by atoms with Gasteiger partial charge in [0.2, 0.25) is 0 Å². The largest absolute Gasteiger partial charge is 0.478 e. The lowest BCUT2D eigenvalue weighted by atomic mass is 9.96. The third-order valence-electron chi connectivity index (χ3n) is 1.96. The molecule has 1 aliphatic rings. The fourth-order valence-electron chi connectivity index (χ4n) is 1.30. The molecule has 0 fully saturated rings. The van der Waals surface area contributed by atoms with E-state index < -0.39 is 10.4 Å². The molecule has 6 heteroatoms. The number of nitrogens with zero attached hydrogens (tertiary/aromatic N) is 1. The van der Waals surface area contributed by atoms with Crippen LogP contribution >= 0.6 is 15.9 Å². The van der Waals surface area contributed by atoms with E-state index in [1.807, 2.05) is 0 Å². The zero-order valence-corrected chi connectivity index (χ0v) is 9.04. The molecule has 1 rings (SSSR count). The van der Waals surface area contributed by atoms with Gasteiger partial charge in [0.25, 0.3) is 0 Å². The number of nitroso groups, excluding NO2 is 1. The molecule has 0 aromatic carbocycles. The summed E-state index contributed by atoms with van der Waals surface area (Å²) >= 11 is 3.25. The number of carbonyl (C=O) groups is 1. The van der Waals surface area contributed by atoms with Crippen molar-refractivity contribution in [1.29, 1.82) is 0 Å². The first-order valence-electron chi connectivity index (χ1n) is 3.89. The molecular formula is C8H9BrN2O3. The molecule has 0 radical (unpaired) electrons. The van der Waals surface area contributed by atoms with E-state index in [2.05, 4.69) is 26.6 Å². The van der Waals surface area contributed by atoms with Gasteiger partial charge in [-0.2, -0.15) is 0 Å². The van der Waals surface area contributed by atoms with Gasteiger partial charge in [-0.3, -0.25) is 5.43 Å². The van der Waals surface area contributed by atoms with E-state index in [-0.39, 0.29) is 5.57 Å². The van der Waals surface area contributed by atoms with Gasteiger partial charge in [-0.15, -0.1) is 4.91 Å². The minimum absolute atomic E-state index is 0.257. The van der Waals surface area contributed by atoms with Crippen LogP contribution in [0.15, 0.2) is 28.6 Å². The summed E-state index contributed by atoms with van der Waals surface area (Å²) in [6, 6.07) is 0. The Morgan fingerprint density at radius 1 is 1.79 bits per heavy atom. The van der Waals surface area contributed by atoms with E-state index in [0.29, 0.717) is 12.0 Å². The van der Waals surface area contributed by atoms with Crippen LogP contribution in [0.4, 0.5) is 0 Å². The van der Waals surface area contributed by atoms with Gasteiger partial charge in [0.05, 0.1) is 10.9 Å². The van der Waals surface area contributed by atoms with Crippen molar-refractivity contribution in [3.63, 3.8) is 0 Å². The second-order valence-corrected chi connectivity index (χ2v) is 4.49. The molecule has 0 aromatic heterocycles. The number of nitrogens with one attached hydrogen (secondary N) is 1. The minimum atomic E-state index is -0.965. The highest BCUT2D eigenvalue weighted by atomic mass is 79.9. The summed E-state index contributed by atoms with van der Waals surface area (Å²) in [6.45, 7) is 1.70. The number of rotatable bonds is 3. The molecular weight excluding hydrogens is 252 g/mol. The highest BCUT2D eigenvalue weighted by molar-refractivity contribution is 9.10. The van der Waals surface area contributed by atoms with Crippen LogP contribution in [-0.4, -0.2) is 15.5 Å². The quantitative estimate of drug-likeness (QED) is 0.351. The van der Waals surface area contributed by atoms with Crippen LogP contribution in [0.5, 0.6) is 0 Å². The number of hydrogen-bond acceptors (Lipinski definition) is 3. The van der Waals surface area contributed by atoms with Crippen molar-refractivity contribution in [2.24, 2.45) is 5.29 Å². The Labute approximate surface area is 88.9 Å². The summed E-state index contributed by atoms with van der Waals surface area (Å²) in [4.78, 5) is 20.7. The van der Waals surface area contributed by atoms with E-state index in [1.54, 1.807) is 13.0 Å². The molecule has 1 atom stereocenters. The third kappa shape index (κ3) is 2.20. The van der Waals surface area contributed by atoms with Crippen LogP contribution in [0.25, 0.3) is 0 Å². The van der Waals surface area contributed by atoms with Gasteiger partial charge in [-0.1, -0.05) is 21.5 Å². The van der Waals surface area contributed by atoms with Crippen molar-refractivity contribution in [3.8, 4) is 0 Å². The van der Waals surface area contributed by atoms with Gasteiger partial charge in [0.1, 0.15) is 4.45 Å². The average molecular weight is 261 g/mol. The van der Waals surface area contributed by atoms with Crippen molar-refractivity contribution in [1.82, 2.24) is 5.43 Å². The number of carboxylic acids is 1. The second kappa shape index (κ2) is 3.91. The van der Waals surface area contributed by atoms with Crippen molar-refractivity contribution in [2.45, 2.75) is 17.8 Å². The molecule has 0 amide bonds. The van der Waals surface area contributed by atoms with E-state index >= 15 is 0 Å². The Kier molecular flexibility index (Phi) is 3.05. The number of alkyl halides is 1. The van der Waals surface area contributed by atoms with Gasteiger partial charge in [-0.05, 0) is 19.1 Å². The molecule has 0 aliphatic heterocycles. The first-order valence-corrected chi connectivity index (χ1v) is 4.68. The van der Waals surface area contributed by atoms with Gasteiger partial charge in [0.15, 0.2) is 0 Å². The molecule has 0 bridgehead atoms. The second-order valence-electron chi connectivity index (χ2n) is 3.07. The molecule has 76 valence electrons. The normalized spacial score (nSPS) is 26.1. The van der Waals surface area contributed by atoms with Crippen molar-refractivity contribution < 1.29 is 9.90 Å². The lowest BCUT2D eigenvalue weighted by molar-refractivity contribution is -0.132. The Hall–Kier alpha value is -1.17. The first kappa shape index (κ1) is 10.9. The summed E-state index contributed by atoms with van der Waals surface area (Å²) < 4.78 is -0.752. The van der Waals surface area contributed by atoms with Gasteiger partial charge < -0.3 is 5.11 Å². The highest BCUT2D eigenvalue weighted by Gasteiger charge is 2.29. The smallest absolute Gasteiger partial charge is 0.335 e. The molecule has 0 heterocycles. The molecule has 2 N–H and O–H groups in total. The van der Waals surface area contributed by atoms with Crippen molar-refractivity contribution in [2.75, 3.05) is 0 Å². The predicted octanol–water partition coefficient (Wildman–Crippen LogP) is 1.71. The monoisotopic (exact) mass is 260 g/mol. The molecule has 0 saturated carbocycles. The van der Waals surface area contributed by atoms with Crippen LogP contribution in [0, 0.1) is 4.91 Å². The van der Waals surface area contributed by atoms with E-state index in [4.69, 9.17) is 5.11 Å². The Balaban J connectivity index is 2.90. The van der Waals surface area contributed by atoms with Crippen LogP contribution < -0.4 is 5.43 Å². The standard InChI is InChI=1S/C8H9BrN2O3/c1-5-4-8(9,10-11-14)3-2-6(5)7(12)13/h2-3H,4H2,1H3,(H,10,14)(H,12,13). The maximum absolute atomic E-state index is 10.7. The summed E-state index contributed by atoms with van der Waals surface area (Å²) in [5, 5.41) is 11.3. The topological polar surface area (TPSA) is 78.8 Å². The third-order valence-corrected chi connectivity index (χ3v) is 2.68. The number of halogens is 1. The molecule has 14 heavy (non-hydrogen) atoms. The summed E-state index contributed by atoms with van der Waals surface area (Å²) in [5.74, 6) is -0.965. The first-order chi connectivity index (χ1) is 6.48. The van der Waals surface area contributed by atoms with Crippen LogP contribution in [-0.2, 0) is 4.79 Å². The van der Waals surface area contributed by atoms with Crippen LogP contribution in [0.1, 0.15) is 13.3 Å². The van der Waals surface area contributed by atoms with Gasteiger partial charge >= 0.3 is 5.97 Å². The number of aliphatic carboxylic acids is 1. The number of hydrogen-bond donors (Lipinski definition) is 2. The summed E-state index contributed by atoms with van der Waals surface area (Å²) in [7, 11) is 0. The van der Waals surface area contributed by atoms with Crippen molar-refractivity contribution in [3.05, 3.63) is 28.2 Å². The zero-order chi connectivity index (χ0) is 10.8. The molecule has 1 aliphatic carbocycles. The summed E-state index contributed by atoms with van der Waals surface area (Å²) in [6.07, 6.45) is 3.40. The molecule has 0 aromatic rings. The molecule has 5 nitrogen and oxygen atoms in total. The lowest BCUT2D eigenvalue weighted by Crippen LogP contribution is -2.35. The van der Waals surface area contributed by atoms with Crippen LogP contribution in [0.3, 0.4) is 0 Å². The fourth-order valence-corrected chi connectivity index (χ4v) is 1.93. The average Bonchev–Trinajstić information content (AvgIpc) is 2.02. The van der Waals surface area contributed by atoms with Crippen molar-refractivity contribution >= 4 is 21.9 Å². The Bertz CT molecular complexity index is 337. The number of carboxylic acid groups (broad SMARTS) is 1. The van der Waals surface area contributed by atoms with Gasteiger partial charge in [-0.25, -0.2) is 4.79 Å². The Morgan fingerprint density at radius 3 is 2.86 bits per heavy atom. The zero-order valence-electron chi connectivity index (χ0n) is 7.45. The van der Waals surface area contributed by atoms with Gasteiger partial charge in [0, 0.05) is 6.42 Å². The van der Waals surface area contributed by atoms with E-state index in [1.165, 1.54) is 6.08 Å². The maximum Gasteiger partial charge on any atom is 0.335 e. The predicted molar refractivity (Wildman–Crippen MR) is 54.7 cm³/mol. The SMILES string of the molecule is CC1=C(C(=O)O)C=CC(Br)(NN=O)C1. The minimum Gasteiger partial charge on any atom is -0.478 e. The molecule has 0 saturated heterocycles. The molecule has 0 spiro atoms.